The second kappa shape index (κ2) is 19.6. The molecule has 0 saturated heterocycles. The first-order valence-corrected chi connectivity index (χ1v) is 14.0. The molecule has 36 heavy (non-hydrogen) atoms. The van der Waals surface area contributed by atoms with E-state index in [9.17, 15) is 0 Å². The average Bonchev–Trinajstić information content (AvgIpc) is 2.88. The molecule has 2 rings (SSSR count). The van der Waals surface area contributed by atoms with Crippen molar-refractivity contribution in [3.63, 3.8) is 0 Å². The van der Waals surface area contributed by atoms with Gasteiger partial charge in [0.15, 0.2) is 0 Å². The number of aliphatic imine (C=N–C) groups is 1. The molecule has 0 aliphatic heterocycles. The Morgan fingerprint density at radius 3 is 1.89 bits per heavy atom. The maximum absolute atomic E-state index is 8.85. The Morgan fingerprint density at radius 2 is 1.39 bits per heavy atom. The number of hydrogen-bond acceptors (Lipinski definition) is 7. The van der Waals surface area contributed by atoms with Crippen molar-refractivity contribution in [3.05, 3.63) is 53.1 Å². The van der Waals surface area contributed by atoms with Gasteiger partial charge in [0.2, 0.25) is 0 Å². The maximum atomic E-state index is 8.85. The van der Waals surface area contributed by atoms with Crippen LogP contribution in [0.1, 0.15) is 56.2 Å². The van der Waals surface area contributed by atoms with Crippen molar-refractivity contribution in [1.29, 1.82) is 0 Å². The van der Waals surface area contributed by atoms with E-state index < -0.39 is 0 Å². The molecular formula is C27H38ClNO6Pd. The summed E-state index contributed by atoms with van der Waals surface area (Å²) in [4.78, 5) is 4.86. The Morgan fingerprint density at radius 1 is 0.861 bits per heavy atom. The number of aliphatic hydroxyl groups is 2. The van der Waals surface area contributed by atoms with E-state index >= 15 is 0 Å². The van der Waals surface area contributed by atoms with Crippen molar-refractivity contribution in [2.45, 2.75) is 39.5 Å². The molecule has 0 amide bonds. The van der Waals surface area contributed by atoms with Gasteiger partial charge < -0.3 is 34.2 Å². The quantitative estimate of drug-likeness (QED) is 0.121. The number of nitrogens with zero attached hydrogens (tertiary/aromatic N) is 1. The van der Waals surface area contributed by atoms with Crippen LogP contribution < -0.4 is 9.47 Å². The molecule has 204 valence electrons. The zero-order valence-electron chi connectivity index (χ0n) is 21.4. The Labute approximate surface area is 230 Å². The molecule has 0 aliphatic rings. The van der Waals surface area contributed by atoms with E-state index in [-0.39, 0.29) is 26.4 Å². The Hall–Kier alpha value is -1.50. The van der Waals surface area contributed by atoms with Crippen LogP contribution in [-0.4, -0.2) is 69.3 Å². The third kappa shape index (κ3) is 11.7. The monoisotopic (exact) mass is 613 g/mol. The number of hydrogen-bond donors (Lipinski definition) is 2. The van der Waals surface area contributed by atoms with Gasteiger partial charge in [-0.05, 0) is 29.2 Å². The standard InChI is InChI=1S/C27H38NO6.ClH.Pd/c1-20(2)23-6-5-7-24(21(3)4)27(23)28-19-22-8-9-25(33-16-14-31-12-10-29)26(18-22)34-17-15-32-13-11-30;;/h5-7,9,18-21,29-30H,10-17H2,1-4H3;1H;/q-1;;+2/p-1. The van der Waals surface area contributed by atoms with Crippen molar-refractivity contribution in [2.24, 2.45) is 4.99 Å². The molecule has 0 atom stereocenters. The van der Waals surface area contributed by atoms with Gasteiger partial charge in [-0.3, -0.25) is 0 Å². The van der Waals surface area contributed by atoms with Crippen LogP contribution in [0.5, 0.6) is 11.5 Å². The van der Waals surface area contributed by atoms with Gasteiger partial charge in [0, 0.05) is 0 Å². The topological polar surface area (TPSA) is 89.7 Å². The van der Waals surface area contributed by atoms with Gasteiger partial charge in [-0.2, -0.15) is 0 Å². The van der Waals surface area contributed by atoms with E-state index in [4.69, 9.17) is 34.2 Å². The van der Waals surface area contributed by atoms with Crippen LogP contribution in [0.15, 0.2) is 35.3 Å². The molecule has 0 spiro atoms. The normalized spacial score (nSPS) is 11.2. The molecule has 0 unspecified atom stereocenters. The first-order chi connectivity index (χ1) is 17.5. The fraction of sp³-hybridized carbons (Fsp3) is 0.519. The van der Waals surface area contributed by atoms with Crippen molar-refractivity contribution < 1.29 is 47.3 Å². The van der Waals surface area contributed by atoms with Gasteiger partial charge in [-0.25, -0.2) is 0 Å². The zero-order valence-corrected chi connectivity index (χ0v) is 23.8. The number of benzene rings is 2. The van der Waals surface area contributed by atoms with Gasteiger partial charge in [-0.15, -0.1) is 17.7 Å². The van der Waals surface area contributed by atoms with Gasteiger partial charge in [0.25, 0.3) is 0 Å². The van der Waals surface area contributed by atoms with Crippen LogP contribution >= 0.6 is 9.53 Å². The number of halogens is 1. The summed E-state index contributed by atoms with van der Waals surface area (Å²) >= 11 is 2.22. The summed E-state index contributed by atoms with van der Waals surface area (Å²) < 4.78 is 22.2. The minimum atomic E-state index is -0.0284. The Kier molecular flexibility index (Phi) is 17.7. The summed E-state index contributed by atoms with van der Waals surface area (Å²) in [6, 6.07) is 13.1. The second-order valence-electron chi connectivity index (χ2n) is 8.34. The number of rotatable bonds is 16. The van der Waals surface area contributed by atoms with Crippen LogP contribution in [0, 0.1) is 6.07 Å². The molecular weight excluding hydrogens is 576 g/mol. The molecule has 0 radical (unpaired) electrons. The van der Waals surface area contributed by atoms with Gasteiger partial charge in [0.05, 0.1) is 63.4 Å². The average molecular weight is 614 g/mol. The number of ether oxygens (including phenoxy) is 4. The SMILES string of the molecule is CC(C)c1cccc(C(C)C)c1N=Cc1[c-]cc(OCCOCCO)c(OCCOCCO)c1.[Cl][Pd+]. The number of aliphatic hydroxyl groups excluding tert-OH is 2. The predicted molar refractivity (Wildman–Crippen MR) is 140 cm³/mol. The number of para-hydroxylation sites is 1. The first kappa shape index (κ1) is 32.5. The molecule has 0 aromatic heterocycles. The predicted octanol–water partition coefficient (Wildman–Crippen LogP) is 4.95. The molecule has 2 aromatic rings. The van der Waals surface area contributed by atoms with Gasteiger partial charge in [-0.1, -0.05) is 52.0 Å². The molecule has 0 fully saturated rings. The van der Waals surface area contributed by atoms with Crippen LogP contribution in [-0.2, 0) is 27.7 Å². The van der Waals surface area contributed by atoms with Gasteiger partial charge >= 0.3 is 27.7 Å². The van der Waals surface area contributed by atoms with Crippen LogP contribution in [0.2, 0.25) is 0 Å². The Balaban J connectivity index is 0.00000316. The third-order valence-electron chi connectivity index (χ3n) is 5.02. The molecule has 2 N–H and O–H groups in total. The first-order valence-electron chi connectivity index (χ1n) is 11.9. The van der Waals surface area contributed by atoms with Gasteiger partial charge in [0.1, 0.15) is 6.61 Å². The molecule has 7 nitrogen and oxygen atoms in total. The van der Waals surface area contributed by atoms with E-state index in [0.29, 0.717) is 49.8 Å². The summed E-state index contributed by atoms with van der Waals surface area (Å²) in [6.07, 6.45) is 1.80. The fourth-order valence-electron chi connectivity index (χ4n) is 3.32. The molecule has 0 heterocycles. The van der Waals surface area contributed by atoms with Crippen molar-refractivity contribution in [3.8, 4) is 11.5 Å². The van der Waals surface area contributed by atoms with Crippen molar-refractivity contribution >= 4 is 21.4 Å². The second-order valence-corrected chi connectivity index (χ2v) is 8.34. The van der Waals surface area contributed by atoms with E-state index in [1.807, 2.05) is 6.07 Å². The van der Waals surface area contributed by atoms with E-state index in [2.05, 4.69) is 79.7 Å². The summed E-state index contributed by atoms with van der Waals surface area (Å²) in [5.41, 5.74) is 4.19. The third-order valence-corrected chi connectivity index (χ3v) is 5.02. The molecule has 0 bridgehead atoms. The molecule has 0 aliphatic carbocycles. The molecule has 9 heteroatoms. The van der Waals surface area contributed by atoms with Crippen molar-refractivity contribution in [1.82, 2.24) is 0 Å². The minimum absolute atomic E-state index is 0.0253. The van der Waals surface area contributed by atoms with Crippen LogP contribution in [0.3, 0.4) is 0 Å². The van der Waals surface area contributed by atoms with E-state index in [0.717, 1.165) is 11.3 Å². The fourth-order valence-corrected chi connectivity index (χ4v) is 3.32. The van der Waals surface area contributed by atoms with E-state index in [1.54, 1.807) is 12.3 Å². The van der Waals surface area contributed by atoms with E-state index in [1.165, 1.54) is 11.1 Å². The van der Waals surface area contributed by atoms with Crippen molar-refractivity contribution in [2.75, 3.05) is 52.9 Å². The zero-order chi connectivity index (χ0) is 26.8. The van der Waals surface area contributed by atoms with Crippen LogP contribution in [0.25, 0.3) is 0 Å². The molecule has 0 saturated carbocycles. The summed E-state index contributed by atoms with van der Waals surface area (Å²) in [7, 11) is 4.49. The van der Waals surface area contributed by atoms with Crippen LogP contribution in [0.4, 0.5) is 5.69 Å². The summed E-state index contributed by atoms with van der Waals surface area (Å²) in [5, 5.41) is 17.7. The molecule has 2 aromatic carbocycles. The Bertz CT molecular complexity index is 868. The summed E-state index contributed by atoms with van der Waals surface area (Å²) in [5.74, 6) is 1.81. The summed E-state index contributed by atoms with van der Waals surface area (Å²) in [6.45, 7) is 10.5.